The molecule has 1 saturated heterocycles. The second kappa shape index (κ2) is 5.26. The standard InChI is InChI=1S/C17H16N4O/c22-17-14(6-7-21(17)13-4-2-1-3-5-13)16-8-15-12(10-19-16)9-18-11-20-15/h1-5,8,10-11,14H,6-7,9H2,(H,18,20). The van der Waals surface area contributed by atoms with E-state index in [0.29, 0.717) is 0 Å². The van der Waals surface area contributed by atoms with E-state index < -0.39 is 0 Å². The number of hydrogen-bond donors (Lipinski definition) is 1. The fourth-order valence-electron chi connectivity index (χ4n) is 3.03. The summed E-state index contributed by atoms with van der Waals surface area (Å²) in [5.41, 5.74) is 3.75. The van der Waals surface area contributed by atoms with E-state index in [1.807, 2.05) is 47.5 Å². The molecular weight excluding hydrogens is 276 g/mol. The lowest BCUT2D eigenvalue weighted by Crippen LogP contribution is -2.26. The van der Waals surface area contributed by atoms with Crippen molar-refractivity contribution in [3.05, 3.63) is 53.9 Å². The van der Waals surface area contributed by atoms with Gasteiger partial charge in [-0.3, -0.25) is 9.78 Å². The zero-order valence-corrected chi connectivity index (χ0v) is 12.1. The number of amides is 1. The Labute approximate surface area is 128 Å². The molecule has 2 aromatic rings. The molecule has 0 bridgehead atoms. The van der Waals surface area contributed by atoms with Crippen molar-refractivity contribution in [1.82, 2.24) is 10.3 Å². The lowest BCUT2D eigenvalue weighted by Gasteiger charge is -2.17. The zero-order valence-electron chi connectivity index (χ0n) is 12.1. The molecule has 22 heavy (non-hydrogen) atoms. The van der Waals surface area contributed by atoms with Crippen LogP contribution in [0.25, 0.3) is 0 Å². The highest BCUT2D eigenvalue weighted by atomic mass is 16.2. The predicted octanol–water partition coefficient (Wildman–Crippen LogP) is 2.37. The SMILES string of the molecule is O=C1C(c2cc3c(cn2)CNC=N3)CCN1c1ccccc1. The molecule has 1 aromatic heterocycles. The number of aliphatic imine (C=N–C) groups is 1. The first-order valence-electron chi connectivity index (χ1n) is 7.44. The van der Waals surface area contributed by atoms with Crippen LogP contribution >= 0.6 is 0 Å². The summed E-state index contributed by atoms with van der Waals surface area (Å²) in [4.78, 5) is 23.4. The maximum absolute atomic E-state index is 12.7. The predicted molar refractivity (Wildman–Crippen MR) is 85.4 cm³/mol. The monoisotopic (exact) mass is 292 g/mol. The second-order valence-corrected chi connectivity index (χ2v) is 5.54. The summed E-state index contributed by atoms with van der Waals surface area (Å²) in [6.07, 6.45) is 4.31. The van der Waals surface area contributed by atoms with Gasteiger partial charge in [-0.05, 0) is 24.6 Å². The molecular formula is C17H16N4O. The fraction of sp³-hybridized carbons (Fsp3) is 0.235. The van der Waals surface area contributed by atoms with E-state index in [4.69, 9.17) is 0 Å². The van der Waals surface area contributed by atoms with E-state index in [1.165, 1.54) is 0 Å². The number of fused-ring (bicyclic) bond motifs is 1. The van der Waals surface area contributed by atoms with Gasteiger partial charge < -0.3 is 10.2 Å². The molecule has 0 saturated carbocycles. The van der Waals surface area contributed by atoms with Gasteiger partial charge in [0, 0.05) is 30.5 Å². The highest BCUT2D eigenvalue weighted by molar-refractivity contribution is 6.00. The summed E-state index contributed by atoms with van der Waals surface area (Å²) < 4.78 is 0. The van der Waals surface area contributed by atoms with Crippen LogP contribution in [0.3, 0.4) is 0 Å². The van der Waals surface area contributed by atoms with Crippen LogP contribution in [0.5, 0.6) is 0 Å². The van der Waals surface area contributed by atoms with Crippen LogP contribution in [0.1, 0.15) is 23.6 Å². The summed E-state index contributed by atoms with van der Waals surface area (Å²) >= 11 is 0. The van der Waals surface area contributed by atoms with Crippen molar-refractivity contribution < 1.29 is 4.79 Å². The molecule has 1 amide bonds. The maximum Gasteiger partial charge on any atom is 0.236 e. The minimum atomic E-state index is -0.171. The minimum absolute atomic E-state index is 0.122. The molecule has 1 atom stereocenters. The number of aromatic nitrogens is 1. The molecule has 0 radical (unpaired) electrons. The Kier molecular flexibility index (Phi) is 3.11. The maximum atomic E-state index is 12.7. The first-order valence-corrected chi connectivity index (χ1v) is 7.44. The van der Waals surface area contributed by atoms with Crippen LogP contribution < -0.4 is 10.2 Å². The molecule has 4 rings (SSSR count). The summed E-state index contributed by atoms with van der Waals surface area (Å²) in [5, 5.41) is 3.06. The number of carbonyl (C=O) groups excluding carboxylic acids is 1. The average Bonchev–Trinajstić information content (AvgIpc) is 2.97. The number of benzene rings is 1. The Hall–Kier alpha value is -2.69. The molecule has 5 heteroatoms. The number of rotatable bonds is 2. The van der Waals surface area contributed by atoms with Crippen molar-refractivity contribution in [2.24, 2.45) is 4.99 Å². The lowest BCUT2D eigenvalue weighted by atomic mass is 10.0. The van der Waals surface area contributed by atoms with Gasteiger partial charge in [0.25, 0.3) is 0 Å². The molecule has 0 aliphatic carbocycles. The van der Waals surface area contributed by atoms with E-state index in [1.54, 1.807) is 6.34 Å². The second-order valence-electron chi connectivity index (χ2n) is 5.54. The number of hydrogen-bond acceptors (Lipinski definition) is 4. The quantitative estimate of drug-likeness (QED) is 0.924. The van der Waals surface area contributed by atoms with Gasteiger partial charge in [0.1, 0.15) is 0 Å². The summed E-state index contributed by atoms with van der Waals surface area (Å²) in [6, 6.07) is 11.7. The van der Waals surface area contributed by atoms with Gasteiger partial charge in [-0.25, -0.2) is 4.99 Å². The first kappa shape index (κ1) is 13.0. The van der Waals surface area contributed by atoms with Crippen molar-refractivity contribution in [2.75, 3.05) is 11.4 Å². The zero-order chi connectivity index (χ0) is 14.9. The fourth-order valence-corrected chi connectivity index (χ4v) is 3.03. The summed E-state index contributed by atoms with van der Waals surface area (Å²) in [5.74, 6) is -0.0489. The van der Waals surface area contributed by atoms with Crippen molar-refractivity contribution in [2.45, 2.75) is 18.9 Å². The Bertz CT molecular complexity index is 742. The molecule has 1 N–H and O–H groups in total. The molecule has 3 heterocycles. The third-order valence-corrected chi connectivity index (χ3v) is 4.20. The number of pyridine rings is 1. The van der Waals surface area contributed by atoms with E-state index >= 15 is 0 Å². The van der Waals surface area contributed by atoms with Crippen molar-refractivity contribution in [1.29, 1.82) is 0 Å². The highest BCUT2D eigenvalue weighted by Gasteiger charge is 2.34. The van der Waals surface area contributed by atoms with Gasteiger partial charge in [-0.15, -0.1) is 0 Å². The smallest absolute Gasteiger partial charge is 0.236 e. The number of nitrogens with one attached hydrogen (secondary N) is 1. The van der Waals surface area contributed by atoms with Crippen LogP contribution in [-0.4, -0.2) is 23.8 Å². The molecule has 0 spiro atoms. The van der Waals surface area contributed by atoms with Crippen molar-refractivity contribution >= 4 is 23.6 Å². The number of nitrogens with zero attached hydrogens (tertiary/aromatic N) is 3. The van der Waals surface area contributed by atoms with Crippen LogP contribution in [0.4, 0.5) is 11.4 Å². The number of para-hydroxylation sites is 1. The third kappa shape index (κ3) is 2.15. The molecule has 2 aliphatic rings. The normalized spacial score (nSPS) is 19.9. The number of anilines is 1. The first-order chi connectivity index (χ1) is 10.8. The van der Waals surface area contributed by atoms with Crippen molar-refractivity contribution in [3.8, 4) is 0 Å². The van der Waals surface area contributed by atoms with E-state index in [9.17, 15) is 4.79 Å². The van der Waals surface area contributed by atoms with Crippen molar-refractivity contribution in [3.63, 3.8) is 0 Å². The Morgan fingerprint density at radius 3 is 2.95 bits per heavy atom. The van der Waals surface area contributed by atoms with Crippen LogP contribution in [-0.2, 0) is 11.3 Å². The van der Waals surface area contributed by atoms with E-state index in [0.717, 1.165) is 42.1 Å². The summed E-state index contributed by atoms with van der Waals surface area (Å²) in [7, 11) is 0. The Balaban J connectivity index is 1.62. The minimum Gasteiger partial charge on any atom is -0.372 e. The van der Waals surface area contributed by atoms with Gasteiger partial charge >= 0.3 is 0 Å². The molecule has 5 nitrogen and oxygen atoms in total. The van der Waals surface area contributed by atoms with Crippen LogP contribution in [0.15, 0.2) is 47.6 Å². The van der Waals surface area contributed by atoms with E-state index in [2.05, 4.69) is 15.3 Å². The van der Waals surface area contributed by atoms with Crippen LogP contribution in [0, 0.1) is 0 Å². The van der Waals surface area contributed by atoms with E-state index in [-0.39, 0.29) is 11.8 Å². The lowest BCUT2D eigenvalue weighted by molar-refractivity contribution is -0.118. The topological polar surface area (TPSA) is 57.6 Å². The molecule has 2 aliphatic heterocycles. The Morgan fingerprint density at radius 2 is 2.09 bits per heavy atom. The molecule has 1 fully saturated rings. The largest absolute Gasteiger partial charge is 0.372 e. The molecule has 1 aromatic carbocycles. The van der Waals surface area contributed by atoms with Crippen LogP contribution in [0.2, 0.25) is 0 Å². The van der Waals surface area contributed by atoms with Gasteiger partial charge in [-0.2, -0.15) is 0 Å². The molecule has 110 valence electrons. The summed E-state index contributed by atoms with van der Waals surface area (Å²) in [6.45, 7) is 1.47. The third-order valence-electron chi connectivity index (χ3n) is 4.20. The number of carbonyl (C=O) groups is 1. The van der Waals surface area contributed by atoms with Gasteiger partial charge in [0.15, 0.2) is 0 Å². The average molecular weight is 292 g/mol. The van der Waals surface area contributed by atoms with Gasteiger partial charge in [-0.1, -0.05) is 18.2 Å². The van der Waals surface area contributed by atoms with Gasteiger partial charge in [0.2, 0.25) is 5.91 Å². The highest BCUT2D eigenvalue weighted by Crippen LogP contribution is 2.33. The Morgan fingerprint density at radius 1 is 1.23 bits per heavy atom. The molecule has 1 unspecified atom stereocenters. The van der Waals surface area contributed by atoms with Gasteiger partial charge in [0.05, 0.1) is 23.6 Å².